The highest BCUT2D eigenvalue weighted by molar-refractivity contribution is 6.69. The lowest BCUT2D eigenvalue weighted by atomic mass is 9.41. The number of rotatable bonds is 14. The zero-order chi connectivity index (χ0) is 52.3. The number of hydrogen-bond acceptors (Lipinski definition) is 9. The number of aliphatic hydroxyl groups is 2. The average molecular weight is 1080 g/mol. The number of halogens is 1. The van der Waals surface area contributed by atoms with Crippen LogP contribution in [0.15, 0.2) is 9.05 Å². The van der Waals surface area contributed by atoms with Gasteiger partial charge in [-0.3, -0.25) is 0 Å². The van der Waals surface area contributed by atoms with E-state index >= 15 is 0 Å². The number of nitrogens with zero attached hydrogens (tertiary/aromatic N) is 4. The summed E-state index contributed by atoms with van der Waals surface area (Å²) in [4.78, 5) is 9.42. The third-order valence-corrected chi connectivity index (χ3v) is 26.5. The molecule has 0 saturated heterocycles. The Morgan fingerprint density at radius 2 is 1.03 bits per heavy atom. The molecule has 11 heteroatoms. The van der Waals surface area contributed by atoms with E-state index in [0.29, 0.717) is 81.5 Å². The first kappa shape index (κ1) is 56.9. The molecular weight excluding hydrogens is 968 g/mol. The van der Waals surface area contributed by atoms with Crippen molar-refractivity contribution in [2.75, 3.05) is 0 Å². The van der Waals surface area contributed by atoms with Gasteiger partial charge in [-0.1, -0.05) is 91.9 Å². The van der Waals surface area contributed by atoms with Crippen molar-refractivity contribution in [3.05, 3.63) is 23.4 Å². The molecule has 9 nitrogen and oxygen atoms in total. The Balaban J connectivity index is 0.000000170. The van der Waals surface area contributed by atoms with Crippen molar-refractivity contribution in [3.8, 4) is 0 Å². The van der Waals surface area contributed by atoms with E-state index in [1.165, 1.54) is 109 Å². The van der Waals surface area contributed by atoms with Gasteiger partial charge in [-0.2, -0.15) is 9.97 Å². The fraction of sp³-hybridized carbons (Fsp3) is 0.938. The summed E-state index contributed by atoms with van der Waals surface area (Å²) < 4.78 is 18.6. The molecule has 2 aromatic heterocycles. The second-order valence-electron chi connectivity index (χ2n) is 30.6. The molecule has 2 heterocycles. The van der Waals surface area contributed by atoms with E-state index in [-0.39, 0.29) is 30.0 Å². The summed E-state index contributed by atoms with van der Waals surface area (Å²) in [6.45, 7) is 30.2. The number of aromatic nitrogens is 4. The molecule has 0 radical (unpaired) electrons. The lowest BCUT2D eigenvalue weighted by Gasteiger charge is -2.66. The first-order chi connectivity index (χ1) is 35.2. The Morgan fingerprint density at radius 1 is 0.573 bits per heavy atom. The van der Waals surface area contributed by atoms with Crippen LogP contribution in [0.1, 0.15) is 239 Å². The van der Waals surface area contributed by atoms with Gasteiger partial charge in [0.25, 0.3) is 0 Å². The zero-order valence-electron chi connectivity index (χ0n) is 49.3. The Morgan fingerprint density at radius 3 is 1.52 bits per heavy atom. The fourth-order valence-electron chi connectivity index (χ4n) is 21.5. The third-order valence-electron chi connectivity index (χ3n) is 25.5. The van der Waals surface area contributed by atoms with Crippen LogP contribution in [0.3, 0.4) is 0 Å². The zero-order valence-corrected chi connectivity index (χ0v) is 51.2. The van der Waals surface area contributed by atoms with Crippen molar-refractivity contribution < 1.29 is 23.7 Å². The van der Waals surface area contributed by atoms with E-state index in [0.717, 1.165) is 110 Å². The molecule has 0 aromatic carbocycles. The Labute approximate surface area is 462 Å². The van der Waals surface area contributed by atoms with Crippen molar-refractivity contribution in [1.82, 2.24) is 20.3 Å². The minimum atomic E-state index is -1.66. The molecule has 2 N–H and O–H groups in total. The number of fused-ring (bicyclic) bond motifs is 10. The molecular formula is C64H107ClN4O5Si. The van der Waals surface area contributed by atoms with Gasteiger partial charge in [0, 0.05) is 24.7 Å². The molecule has 0 unspecified atom stereocenters. The van der Waals surface area contributed by atoms with Crippen molar-refractivity contribution in [2.45, 2.75) is 266 Å². The van der Waals surface area contributed by atoms with Gasteiger partial charge < -0.3 is 23.7 Å². The quantitative estimate of drug-likeness (QED) is 0.178. The van der Waals surface area contributed by atoms with Crippen LogP contribution in [0.2, 0.25) is 19.6 Å². The lowest BCUT2D eigenvalue weighted by Crippen LogP contribution is -2.63. The Bertz CT molecular complexity index is 2240. The molecule has 0 amide bonds. The van der Waals surface area contributed by atoms with Crippen LogP contribution in [-0.2, 0) is 17.3 Å². The van der Waals surface area contributed by atoms with Gasteiger partial charge in [-0.25, -0.2) is 0 Å². The molecule has 10 saturated carbocycles. The second-order valence-corrected chi connectivity index (χ2v) is 35.0. The number of aryl methyl sites for hydroxylation is 2. The first-order valence-electron chi connectivity index (χ1n) is 31.9. The van der Waals surface area contributed by atoms with E-state index in [1.54, 1.807) is 0 Å². The van der Waals surface area contributed by atoms with Crippen LogP contribution in [0.4, 0.5) is 0 Å². The second kappa shape index (κ2) is 21.5. The van der Waals surface area contributed by atoms with E-state index in [2.05, 4.69) is 97.3 Å². The van der Waals surface area contributed by atoms with Gasteiger partial charge >= 0.3 is 0 Å². The van der Waals surface area contributed by atoms with E-state index < -0.39 is 8.32 Å². The summed E-state index contributed by atoms with van der Waals surface area (Å²) in [5.74, 6) is 15.0. The predicted octanol–water partition coefficient (Wildman–Crippen LogP) is 15.8. The highest BCUT2D eigenvalue weighted by Gasteiger charge is 2.67. The molecule has 0 aliphatic heterocycles. The standard InChI is InChI=1S/C34H58N2O2Si.C30H48N2O3.ClH/c1-9-24-28-20-21(2)16-18-34(28,5)27-17-19-33(4)25(13-14-26(33)30(27)31(24)38-39(6,7)8)22(3)10-15-29-35-32(36-37-29)23-11-12-23;1-5-20-24-16-19(33)12-14-30(24,4)23-13-15-29(3)21(9-10-22(29)26(23)27(20)34)17(2)6-11-25-31-28(32-35-25)18-7-8-18;/h21-28,30-31H,9-20H2,1-8H3;17-24,26-27,33-34H,5-16H2,1-4H3;1H/t21-,22-,24-,25-,26+,27+,28+,30+,31-,33-,34-;17-,19-,20-,21-,22+,23+,24+,26+,27-,29-,30-;/m11./s1. The molecule has 10 fully saturated rings. The van der Waals surface area contributed by atoms with Crippen LogP contribution in [0.5, 0.6) is 0 Å². The van der Waals surface area contributed by atoms with Gasteiger partial charge in [0.1, 0.15) is 0 Å². The molecule has 2 aromatic rings. The molecule has 424 valence electrons. The lowest BCUT2D eigenvalue weighted by molar-refractivity contribution is -0.203. The fourth-order valence-corrected chi connectivity index (χ4v) is 22.6. The summed E-state index contributed by atoms with van der Waals surface area (Å²) in [5.41, 5.74) is 1.57. The van der Waals surface area contributed by atoms with Gasteiger partial charge in [-0.05, 0) is 252 Å². The van der Waals surface area contributed by atoms with E-state index in [1.807, 2.05) is 0 Å². The minimum absolute atomic E-state index is 0. The van der Waals surface area contributed by atoms with Gasteiger partial charge in [0.05, 0.1) is 18.3 Å². The van der Waals surface area contributed by atoms with Crippen molar-refractivity contribution >= 4 is 20.7 Å². The minimum Gasteiger partial charge on any atom is -0.414 e. The Kier molecular flexibility index (Phi) is 16.3. The maximum absolute atomic E-state index is 11.9. The smallest absolute Gasteiger partial charge is 0.226 e. The van der Waals surface area contributed by atoms with E-state index in [9.17, 15) is 10.2 Å². The topological polar surface area (TPSA) is 128 Å². The molecule has 10 aliphatic carbocycles. The highest BCUT2D eigenvalue weighted by Crippen LogP contribution is 2.72. The van der Waals surface area contributed by atoms with Crippen LogP contribution < -0.4 is 0 Å². The van der Waals surface area contributed by atoms with Crippen molar-refractivity contribution in [3.63, 3.8) is 0 Å². The summed E-state index contributed by atoms with van der Waals surface area (Å²) in [5, 5.41) is 30.9. The largest absolute Gasteiger partial charge is 0.414 e. The molecule has 0 spiro atoms. The van der Waals surface area contributed by atoms with E-state index in [4.69, 9.17) is 18.5 Å². The van der Waals surface area contributed by atoms with Crippen LogP contribution in [-0.4, -0.2) is 57.1 Å². The monoisotopic (exact) mass is 1070 g/mol. The number of aliphatic hydroxyl groups excluding tert-OH is 2. The van der Waals surface area contributed by atoms with Gasteiger partial charge in [-0.15, -0.1) is 12.4 Å². The Hall–Kier alpha value is -1.33. The van der Waals surface area contributed by atoms with Gasteiger partial charge in [0.2, 0.25) is 11.8 Å². The SMILES string of the molecule is CC[C@H]1[C@@H](O)[C@@H]2[C@H](CC[C@]3(C)[C@@H]([C@H](C)CCc4nc(C5CC5)no4)CC[C@@H]23)[C@@]2(C)CC[C@@H](O)C[C@@H]12.CC[C@H]1[C@@H](O[Si](C)(C)C)[C@@H]2[C@H](CC[C@]3(C)[C@@H]([C@H](C)CCc4nc(C5CC5)no4)CC[C@@H]23)[C@@]2(C)CC[C@@H](C)C[C@@H]12.Cl. The summed E-state index contributed by atoms with van der Waals surface area (Å²) >= 11 is 0. The first-order valence-corrected chi connectivity index (χ1v) is 35.3. The molecule has 12 rings (SSSR count). The van der Waals surface area contributed by atoms with Crippen LogP contribution in [0.25, 0.3) is 0 Å². The average Bonchev–Trinajstić information content (AvgIpc) is 4.23. The van der Waals surface area contributed by atoms with Crippen LogP contribution >= 0.6 is 12.4 Å². The normalized spacial score (nSPS) is 45.8. The summed E-state index contributed by atoms with van der Waals surface area (Å²) in [7, 11) is -1.66. The van der Waals surface area contributed by atoms with Crippen LogP contribution in [0, 0.1) is 110 Å². The van der Waals surface area contributed by atoms with Crippen molar-refractivity contribution in [2.24, 2.45) is 110 Å². The number of hydrogen-bond donors (Lipinski definition) is 2. The summed E-state index contributed by atoms with van der Waals surface area (Å²) in [6.07, 6.45) is 29.6. The van der Waals surface area contributed by atoms with Gasteiger partial charge in [0.15, 0.2) is 20.0 Å². The molecule has 22 atom stereocenters. The maximum atomic E-state index is 11.9. The molecule has 75 heavy (non-hydrogen) atoms. The molecule has 10 aliphatic rings. The predicted molar refractivity (Wildman–Crippen MR) is 304 cm³/mol. The van der Waals surface area contributed by atoms with Crippen molar-refractivity contribution in [1.29, 1.82) is 0 Å². The summed E-state index contributed by atoms with van der Waals surface area (Å²) in [6, 6.07) is 0. The maximum Gasteiger partial charge on any atom is 0.226 e. The third kappa shape index (κ3) is 10.3. The highest BCUT2D eigenvalue weighted by atomic mass is 35.5. The molecule has 0 bridgehead atoms.